The van der Waals surface area contributed by atoms with Gasteiger partial charge in [0.1, 0.15) is 5.69 Å². The van der Waals surface area contributed by atoms with Crippen LogP contribution in [0.1, 0.15) is 78.6 Å². The summed E-state index contributed by atoms with van der Waals surface area (Å²) in [6.45, 7) is 7.77. The molecule has 9 nitrogen and oxygen atoms in total. The molecule has 244 valence electrons. The van der Waals surface area contributed by atoms with Crippen molar-refractivity contribution in [3.63, 3.8) is 0 Å². The van der Waals surface area contributed by atoms with Crippen molar-refractivity contribution in [1.29, 1.82) is 0 Å². The number of amides is 1. The van der Waals surface area contributed by atoms with Crippen LogP contribution in [-0.4, -0.2) is 73.5 Å². The molecule has 10 heteroatoms. The third kappa shape index (κ3) is 6.98. The highest BCUT2D eigenvalue weighted by Gasteiger charge is 2.33. The number of unbranched alkanes of at least 4 members (excludes halogenated alkanes) is 2. The van der Waals surface area contributed by atoms with Crippen molar-refractivity contribution in [3.05, 3.63) is 93.9 Å². The van der Waals surface area contributed by atoms with E-state index in [2.05, 4.69) is 24.9 Å². The Labute approximate surface area is 276 Å². The van der Waals surface area contributed by atoms with Crippen LogP contribution >= 0.6 is 11.6 Å². The van der Waals surface area contributed by atoms with E-state index in [0.717, 1.165) is 61.0 Å². The van der Waals surface area contributed by atoms with Gasteiger partial charge in [0.2, 0.25) is 5.88 Å². The molecule has 0 saturated carbocycles. The fourth-order valence-corrected chi connectivity index (χ4v) is 6.26. The Morgan fingerprint density at radius 1 is 1.07 bits per heavy atom. The van der Waals surface area contributed by atoms with Crippen LogP contribution in [-0.2, 0) is 13.0 Å². The molecule has 0 radical (unpaired) electrons. The Kier molecular flexibility index (Phi) is 11.1. The number of aromatic nitrogens is 3. The second-order valence-corrected chi connectivity index (χ2v) is 12.3. The number of carbonyl (C=O) groups is 1. The molecule has 2 aromatic carbocycles. The molecule has 2 atom stereocenters. The van der Waals surface area contributed by atoms with Crippen LogP contribution in [0.5, 0.6) is 5.88 Å². The van der Waals surface area contributed by atoms with Gasteiger partial charge in [-0.15, -0.1) is 0 Å². The number of hydrogen-bond donors (Lipinski definition) is 2. The Morgan fingerprint density at radius 2 is 1.76 bits per heavy atom. The molecule has 5 rings (SSSR count). The molecular formula is C36H44ClN5O4. The summed E-state index contributed by atoms with van der Waals surface area (Å²) < 4.78 is 6.90. The smallest absolute Gasteiger partial charge is 0.256 e. The van der Waals surface area contributed by atoms with Gasteiger partial charge in [-0.25, -0.2) is 9.67 Å². The molecule has 2 N–H and O–H groups in total. The van der Waals surface area contributed by atoms with Crippen LogP contribution in [0, 0.1) is 6.92 Å². The van der Waals surface area contributed by atoms with Crippen LogP contribution in [0.4, 0.5) is 0 Å². The first-order valence-corrected chi connectivity index (χ1v) is 16.5. The largest absolute Gasteiger partial charge is 0.481 e. The van der Waals surface area contributed by atoms with Crippen molar-refractivity contribution in [3.8, 4) is 22.7 Å². The number of pyridine rings is 1. The molecule has 4 aromatic rings. The summed E-state index contributed by atoms with van der Waals surface area (Å²) in [4.78, 5) is 22.7. The van der Waals surface area contributed by atoms with Gasteiger partial charge < -0.3 is 19.8 Å². The third-order valence-electron chi connectivity index (χ3n) is 8.82. The second kappa shape index (κ2) is 15.2. The van der Waals surface area contributed by atoms with Crippen LogP contribution < -0.4 is 4.74 Å². The number of nitrogens with zero attached hydrogens (tertiary/aromatic N) is 5. The number of fused-ring (bicyclic) bond motifs is 1. The first-order chi connectivity index (χ1) is 22.3. The minimum atomic E-state index is -0.980. The highest BCUT2D eigenvalue weighted by Crippen LogP contribution is 2.34. The summed E-state index contributed by atoms with van der Waals surface area (Å²) in [6.07, 6.45) is 5.20. The molecule has 1 aliphatic rings. The van der Waals surface area contributed by atoms with Crippen molar-refractivity contribution < 1.29 is 19.7 Å². The van der Waals surface area contributed by atoms with Gasteiger partial charge in [-0.3, -0.25) is 9.69 Å². The van der Waals surface area contributed by atoms with E-state index in [0.29, 0.717) is 46.5 Å². The van der Waals surface area contributed by atoms with Crippen LogP contribution in [0.15, 0.2) is 60.8 Å². The predicted molar refractivity (Wildman–Crippen MR) is 180 cm³/mol. The molecule has 3 heterocycles. The summed E-state index contributed by atoms with van der Waals surface area (Å²) in [5.74, 6) is 0.266. The molecule has 1 aliphatic heterocycles. The van der Waals surface area contributed by atoms with Gasteiger partial charge in [0.15, 0.2) is 6.23 Å². The van der Waals surface area contributed by atoms with E-state index in [1.54, 1.807) is 29.0 Å². The number of methoxy groups -OCH3 is 1. The maximum absolute atomic E-state index is 14.6. The van der Waals surface area contributed by atoms with E-state index >= 15 is 0 Å². The maximum Gasteiger partial charge on any atom is 0.256 e. The lowest BCUT2D eigenvalue weighted by Crippen LogP contribution is -2.46. The summed E-state index contributed by atoms with van der Waals surface area (Å²) in [5.41, 5.74) is 5.74. The van der Waals surface area contributed by atoms with Gasteiger partial charge in [0.05, 0.1) is 41.7 Å². The zero-order valence-electron chi connectivity index (χ0n) is 27.1. The Bertz CT molecular complexity index is 1630. The summed E-state index contributed by atoms with van der Waals surface area (Å²) >= 11 is 6.89. The van der Waals surface area contributed by atoms with Gasteiger partial charge >= 0.3 is 0 Å². The van der Waals surface area contributed by atoms with Gasteiger partial charge in [-0.05, 0) is 61.1 Å². The number of aliphatic hydroxyl groups excluding tert-OH is 2. The molecule has 1 amide bonds. The van der Waals surface area contributed by atoms with Crippen LogP contribution in [0.25, 0.3) is 16.8 Å². The molecule has 1 unspecified atom stereocenters. The number of benzene rings is 2. The number of carbonyl (C=O) groups excluding carboxylic acids is 1. The zero-order chi connectivity index (χ0) is 32.8. The van der Waals surface area contributed by atoms with Gasteiger partial charge in [0, 0.05) is 37.5 Å². The van der Waals surface area contributed by atoms with Crippen molar-refractivity contribution in [1.82, 2.24) is 24.6 Å². The minimum absolute atomic E-state index is 0.161. The topological polar surface area (TPSA) is 104 Å². The van der Waals surface area contributed by atoms with Crippen molar-refractivity contribution in [2.75, 3.05) is 26.8 Å². The summed E-state index contributed by atoms with van der Waals surface area (Å²) in [5, 5.41) is 27.1. The Morgan fingerprint density at radius 3 is 2.39 bits per heavy atom. The molecule has 0 spiro atoms. The van der Waals surface area contributed by atoms with Crippen molar-refractivity contribution in [2.45, 2.75) is 71.7 Å². The van der Waals surface area contributed by atoms with E-state index < -0.39 is 6.23 Å². The monoisotopic (exact) mass is 645 g/mol. The quantitative estimate of drug-likeness (QED) is 0.163. The highest BCUT2D eigenvalue weighted by atomic mass is 35.5. The molecular weight excluding hydrogens is 602 g/mol. The highest BCUT2D eigenvalue weighted by molar-refractivity contribution is 6.32. The lowest BCUT2D eigenvalue weighted by atomic mass is 9.93. The lowest BCUT2D eigenvalue weighted by Gasteiger charge is -2.36. The summed E-state index contributed by atoms with van der Waals surface area (Å²) in [6, 6.07) is 16.9. The average molecular weight is 646 g/mol. The minimum Gasteiger partial charge on any atom is -0.481 e. The number of rotatable bonds is 13. The molecule has 0 aliphatic carbocycles. The number of aliphatic hydroxyl groups is 2. The number of ether oxygens (including phenoxy) is 1. The first-order valence-electron chi connectivity index (χ1n) is 16.1. The lowest BCUT2D eigenvalue weighted by molar-refractivity contribution is -0.00343. The zero-order valence-corrected chi connectivity index (χ0v) is 27.9. The average Bonchev–Trinajstić information content (AvgIpc) is 3.39. The normalized spacial score (nSPS) is 15.2. The van der Waals surface area contributed by atoms with Gasteiger partial charge in [-0.1, -0.05) is 68.6 Å². The molecule has 46 heavy (non-hydrogen) atoms. The Hall–Kier alpha value is -3.76. The van der Waals surface area contributed by atoms with E-state index in [9.17, 15) is 15.0 Å². The number of hydrogen-bond acceptors (Lipinski definition) is 7. The summed E-state index contributed by atoms with van der Waals surface area (Å²) in [7, 11) is 1.57. The van der Waals surface area contributed by atoms with Crippen molar-refractivity contribution >= 4 is 17.5 Å². The fourth-order valence-electron chi connectivity index (χ4n) is 6.04. The molecule has 0 fully saturated rings. The second-order valence-electron chi connectivity index (χ2n) is 11.9. The van der Waals surface area contributed by atoms with Gasteiger partial charge in [-0.2, -0.15) is 5.10 Å². The van der Waals surface area contributed by atoms with Crippen molar-refractivity contribution in [2.24, 2.45) is 0 Å². The predicted octanol–water partition coefficient (Wildman–Crippen LogP) is 6.36. The maximum atomic E-state index is 14.6. The fraction of sp³-hybridized carbons (Fsp3) is 0.417. The SMILES string of the molecule is CCCCN(CCCC)C(O)c1nn(-c2ccc(-c3ccc(OC)nc3)cc2C(=O)N2Cc3ccccc3C[C@H]2CO)c(C)c1Cl. The van der Waals surface area contributed by atoms with Crippen LogP contribution in [0.2, 0.25) is 5.02 Å². The van der Waals surface area contributed by atoms with E-state index in [4.69, 9.17) is 21.4 Å². The Balaban J connectivity index is 1.60. The van der Waals surface area contributed by atoms with Crippen LogP contribution in [0.3, 0.4) is 0 Å². The molecule has 2 aromatic heterocycles. The molecule has 0 bridgehead atoms. The van der Waals surface area contributed by atoms with E-state index in [-0.39, 0.29) is 18.6 Å². The number of halogens is 1. The van der Waals surface area contributed by atoms with Gasteiger partial charge in [0.25, 0.3) is 5.91 Å². The standard InChI is InChI=1S/C36H44ClN5O4/c1-5-7-17-40(18-8-6-2)36(45)34-33(37)24(3)42(39-34)31-15-13-26(27-14-16-32(46-4)38-21-27)20-30(31)35(44)41-22-28-12-10-9-11-25(28)19-29(41)23-43/h9-16,20-21,29,36,43,45H,5-8,17-19,22-23H2,1-4H3/t29-,36?/m0/s1. The van der Waals surface area contributed by atoms with E-state index in [1.165, 1.54) is 0 Å². The van der Waals surface area contributed by atoms with E-state index in [1.807, 2.05) is 54.3 Å². The first kappa shape index (κ1) is 33.6. The molecule has 0 saturated heterocycles. The third-order valence-corrected chi connectivity index (χ3v) is 9.28.